The maximum absolute atomic E-state index is 14.2. The molecule has 4 nitrogen and oxygen atoms in total. The van der Waals surface area contributed by atoms with E-state index in [4.69, 9.17) is 12.2 Å². The van der Waals surface area contributed by atoms with Crippen LogP contribution in [-0.2, 0) is 11.3 Å². The number of hydrogen-bond acceptors (Lipinski definition) is 2. The van der Waals surface area contributed by atoms with Gasteiger partial charge in [0.25, 0.3) is 0 Å². The minimum atomic E-state index is -0.207. The molecule has 1 aromatic carbocycles. The van der Waals surface area contributed by atoms with E-state index in [0.29, 0.717) is 29.3 Å². The lowest BCUT2D eigenvalue weighted by Gasteiger charge is -2.36. The highest BCUT2D eigenvalue weighted by Crippen LogP contribution is 2.25. The molecule has 2 saturated carbocycles. The third kappa shape index (κ3) is 6.16. The zero-order valence-electron chi connectivity index (χ0n) is 16.6. The monoisotopic (exact) mass is 405 g/mol. The lowest BCUT2D eigenvalue weighted by molar-refractivity contribution is -0.120. The highest BCUT2D eigenvalue weighted by Gasteiger charge is 2.25. The molecule has 1 amide bonds. The number of halogens is 1. The number of benzene rings is 1. The number of carbonyl (C=O) groups excluding carboxylic acids is 1. The van der Waals surface area contributed by atoms with Crippen LogP contribution in [0.5, 0.6) is 0 Å². The average molecular weight is 406 g/mol. The van der Waals surface area contributed by atoms with E-state index in [1.165, 1.54) is 44.6 Å². The summed E-state index contributed by atoms with van der Waals surface area (Å²) in [6.45, 7) is 0.614. The van der Waals surface area contributed by atoms with Crippen LogP contribution in [0.25, 0.3) is 0 Å². The molecule has 0 unspecified atom stereocenters. The highest BCUT2D eigenvalue weighted by atomic mass is 32.1. The van der Waals surface area contributed by atoms with Crippen molar-refractivity contribution in [3.63, 3.8) is 0 Å². The third-order valence-corrected chi connectivity index (χ3v) is 6.32. The van der Waals surface area contributed by atoms with Gasteiger partial charge in [0.15, 0.2) is 5.11 Å². The van der Waals surface area contributed by atoms with Gasteiger partial charge in [0.1, 0.15) is 5.82 Å². The first-order valence-electron chi connectivity index (χ1n) is 10.7. The van der Waals surface area contributed by atoms with Gasteiger partial charge in [-0.2, -0.15) is 0 Å². The Hall–Kier alpha value is -1.69. The fourth-order valence-corrected chi connectivity index (χ4v) is 4.64. The van der Waals surface area contributed by atoms with Crippen LogP contribution in [0.2, 0.25) is 0 Å². The van der Waals surface area contributed by atoms with Crippen molar-refractivity contribution in [2.75, 3.05) is 6.54 Å². The normalized spacial score (nSPS) is 18.5. The summed E-state index contributed by atoms with van der Waals surface area (Å²) in [5.41, 5.74) is 0.642. The maximum Gasteiger partial charge on any atom is 0.239 e. The minimum Gasteiger partial charge on any atom is -0.353 e. The summed E-state index contributed by atoms with van der Waals surface area (Å²) in [6.07, 6.45) is 11.5. The molecule has 28 heavy (non-hydrogen) atoms. The van der Waals surface area contributed by atoms with Crippen molar-refractivity contribution in [2.45, 2.75) is 82.8 Å². The van der Waals surface area contributed by atoms with Gasteiger partial charge in [0.05, 0.1) is 6.54 Å². The van der Waals surface area contributed by atoms with Crippen molar-refractivity contribution in [2.24, 2.45) is 0 Å². The number of amides is 1. The summed E-state index contributed by atoms with van der Waals surface area (Å²) in [7, 11) is 0. The molecule has 2 aliphatic rings. The van der Waals surface area contributed by atoms with E-state index in [0.717, 1.165) is 25.7 Å². The molecule has 2 N–H and O–H groups in total. The van der Waals surface area contributed by atoms with Gasteiger partial charge >= 0.3 is 0 Å². The van der Waals surface area contributed by atoms with Crippen molar-refractivity contribution >= 4 is 23.2 Å². The Morgan fingerprint density at radius 3 is 2.36 bits per heavy atom. The molecule has 0 atom stereocenters. The molecule has 2 aliphatic carbocycles. The molecule has 0 bridgehead atoms. The number of nitrogens with zero attached hydrogens (tertiary/aromatic N) is 1. The second-order valence-electron chi connectivity index (χ2n) is 8.07. The van der Waals surface area contributed by atoms with Gasteiger partial charge in [0.2, 0.25) is 5.91 Å². The molecule has 0 radical (unpaired) electrons. The average Bonchev–Trinajstić information content (AvgIpc) is 2.73. The first-order valence-corrected chi connectivity index (χ1v) is 11.1. The first kappa shape index (κ1) is 21.0. The van der Waals surface area contributed by atoms with Gasteiger partial charge in [-0.15, -0.1) is 0 Å². The summed E-state index contributed by atoms with van der Waals surface area (Å²) >= 11 is 5.63. The highest BCUT2D eigenvalue weighted by molar-refractivity contribution is 7.80. The van der Waals surface area contributed by atoms with Crippen LogP contribution in [-0.4, -0.2) is 34.5 Å². The number of thiocarbonyl (C=S) groups is 1. The number of rotatable bonds is 6. The van der Waals surface area contributed by atoms with Crippen molar-refractivity contribution in [1.29, 1.82) is 0 Å². The Kier molecular flexibility index (Phi) is 8.07. The molecule has 3 rings (SSSR count). The van der Waals surface area contributed by atoms with Crippen molar-refractivity contribution in [1.82, 2.24) is 15.5 Å². The second kappa shape index (κ2) is 10.7. The zero-order valence-corrected chi connectivity index (χ0v) is 17.4. The largest absolute Gasteiger partial charge is 0.353 e. The third-order valence-electron chi connectivity index (χ3n) is 5.95. The summed E-state index contributed by atoms with van der Waals surface area (Å²) in [4.78, 5) is 14.4. The van der Waals surface area contributed by atoms with E-state index in [9.17, 15) is 9.18 Å². The van der Waals surface area contributed by atoms with Crippen LogP contribution >= 0.6 is 12.2 Å². The van der Waals surface area contributed by atoms with Gasteiger partial charge in [0, 0.05) is 24.2 Å². The lowest BCUT2D eigenvalue weighted by atomic mass is 9.94. The van der Waals surface area contributed by atoms with Crippen LogP contribution in [0, 0.1) is 5.82 Å². The van der Waals surface area contributed by atoms with Crippen LogP contribution in [0.1, 0.15) is 69.8 Å². The van der Waals surface area contributed by atoms with Crippen molar-refractivity contribution < 1.29 is 9.18 Å². The van der Waals surface area contributed by atoms with Crippen molar-refractivity contribution in [3.05, 3.63) is 35.6 Å². The van der Waals surface area contributed by atoms with Crippen molar-refractivity contribution in [3.8, 4) is 0 Å². The molecule has 0 aliphatic heterocycles. The van der Waals surface area contributed by atoms with Gasteiger partial charge < -0.3 is 15.5 Å². The molecule has 0 saturated heterocycles. The molecule has 1 aromatic rings. The van der Waals surface area contributed by atoms with E-state index in [-0.39, 0.29) is 18.3 Å². The fraction of sp³-hybridized carbons (Fsp3) is 0.636. The van der Waals surface area contributed by atoms with Gasteiger partial charge in [-0.25, -0.2) is 4.39 Å². The standard InChI is InChI=1S/C22H32FN3OS/c23-20-14-8-7-9-17(20)16-26(19-12-5-2-6-13-19)22(28)24-15-21(27)25-18-10-3-1-4-11-18/h7-9,14,18-19H,1-6,10-13,15-16H2,(H,24,28)(H,25,27). The minimum absolute atomic E-state index is 0.0104. The first-order chi connectivity index (χ1) is 13.6. The van der Waals surface area contributed by atoms with E-state index in [1.54, 1.807) is 6.07 Å². The Labute approximate surface area is 173 Å². The van der Waals surface area contributed by atoms with E-state index >= 15 is 0 Å². The number of carbonyl (C=O) groups is 1. The Bertz CT molecular complexity index is 657. The molecule has 2 fully saturated rings. The van der Waals surface area contributed by atoms with Crippen LogP contribution < -0.4 is 10.6 Å². The predicted octanol–water partition coefficient (Wildman–Crippen LogP) is 4.28. The van der Waals surface area contributed by atoms with E-state index < -0.39 is 0 Å². The summed E-state index contributed by atoms with van der Waals surface area (Å²) in [6, 6.07) is 7.45. The van der Waals surface area contributed by atoms with Gasteiger partial charge in [-0.3, -0.25) is 4.79 Å². The molecule has 0 aromatic heterocycles. The molecular weight excluding hydrogens is 373 g/mol. The summed E-state index contributed by atoms with van der Waals surface area (Å²) < 4.78 is 14.2. The second-order valence-corrected chi connectivity index (χ2v) is 8.46. The smallest absolute Gasteiger partial charge is 0.239 e. The van der Waals surface area contributed by atoms with E-state index in [2.05, 4.69) is 15.5 Å². The molecule has 0 spiro atoms. The predicted molar refractivity (Wildman–Crippen MR) is 114 cm³/mol. The van der Waals surface area contributed by atoms with Crippen LogP contribution in [0.15, 0.2) is 24.3 Å². The van der Waals surface area contributed by atoms with E-state index in [1.807, 2.05) is 12.1 Å². The lowest BCUT2D eigenvalue weighted by Crippen LogP contribution is -2.49. The Balaban J connectivity index is 1.57. The fourth-order valence-electron chi connectivity index (χ4n) is 4.35. The number of hydrogen-bond donors (Lipinski definition) is 2. The Morgan fingerprint density at radius 1 is 1.04 bits per heavy atom. The van der Waals surface area contributed by atoms with Crippen LogP contribution in [0.3, 0.4) is 0 Å². The maximum atomic E-state index is 14.2. The topological polar surface area (TPSA) is 44.4 Å². The molecule has 0 heterocycles. The summed E-state index contributed by atoms with van der Waals surface area (Å²) in [5.74, 6) is -0.218. The van der Waals surface area contributed by atoms with Crippen LogP contribution in [0.4, 0.5) is 4.39 Å². The van der Waals surface area contributed by atoms with Gasteiger partial charge in [-0.05, 0) is 44.0 Å². The Morgan fingerprint density at radius 2 is 1.68 bits per heavy atom. The molecule has 6 heteroatoms. The SMILES string of the molecule is O=C(CNC(=S)N(Cc1ccccc1F)C1CCCCC1)NC1CCCCC1. The molecule has 154 valence electrons. The van der Waals surface area contributed by atoms with Gasteiger partial charge in [-0.1, -0.05) is 56.7 Å². The number of nitrogens with one attached hydrogen (secondary N) is 2. The molecular formula is C22H32FN3OS. The summed E-state index contributed by atoms with van der Waals surface area (Å²) in [5, 5.41) is 6.79. The quantitative estimate of drug-likeness (QED) is 0.693. The zero-order chi connectivity index (χ0) is 19.8.